The molecule has 0 bridgehead atoms. The first-order valence-corrected chi connectivity index (χ1v) is 27.2. The standard InChI is InChI=1S/C29H28N20O15S7/c30-1-4-65-28-39-21(32)19(22(33)40-28)48-46-13-9-15(68(53,54)55)11(7-17(13)70(59,60)61)37-26-43-25(36-3-6-67(50,51)52)44-27(45-26)38-12-8-18(71(62,63)64)14(10-16(12)69(56,57)58)47-49-20-23(34)41-29(42-24(20)35)66-5-2-31/h7-10H,3-6H2,(H,50,51,52)(H,53,54,55)(H,56,57,58)(H,59,60,61)(H,62,63,64)(H4,32,33,39,40)(H4,34,35,41,42)(H3,36,37,38,43,44,45)/b48-46+,49-47+. The monoisotopic (exact) mass is 1120 g/mol. The highest BCUT2D eigenvalue weighted by molar-refractivity contribution is 7.99. The lowest BCUT2D eigenvalue weighted by molar-refractivity contribution is 0.479. The molecular weight excluding hydrogens is 1090 g/mol. The highest BCUT2D eigenvalue weighted by atomic mass is 32.2. The van der Waals surface area contributed by atoms with E-state index in [1.807, 2.05) is 12.1 Å². The maximum Gasteiger partial charge on any atom is 0.296 e. The van der Waals surface area contributed by atoms with Crippen LogP contribution >= 0.6 is 23.5 Å². The Morgan fingerprint density at radius 3 is 1.15 bits per heavy atom. The van der Waals surface area contributed by atoms with Crippen LogP contribution in [0.1, 0.15) is 0 Å². The minimum Gasteiger partial charge on any atom is -0.382 e. The third kappa shape index (κ3) is 14.6. The SMILES string of the molecule is N#CCSc1nc(N)c(/N=N/c2cc(S(=O)(=O)O)c(Nc3nc(NCCS(=O)(=O)O)nc(Nc4cc(S(=O)(=O)O)c(/N=N/c5c(N)nc(SCC#N)nc5N)cc4S(=O)(=O)O)n3)cc2S(=O)(=O)O)c(N)n1. The summed E-state index contributed by atoms with van der Waals surface area (Å²) in [5.74, 6) is -5.71. The van der Waals surface area contributed by atoms with E-state index in [2.05, 4.69) is 71.3 Å². The fourth-order valence-electron chi connectivity index (χ4n) is 5.06. The van der Waals surface area contributed by atoms with E-state index in [0.29, 0.717) is 24.3 Å². The number of benzene rings is 2. The van der Waals surface area contributed by atoms with Gasteiger partial charge in [0.2, 0.25) is 17.8 Å². The molecule has 5 aromatic rings. The number of azo groups is 2. The van der Waals surface area contributed by atoms with Crippen molar-refractivity contribution in [3.63, 3.8) is 0 Å². The summed E-state index contributed by atoms with van der Waals surface area (Å²) in [6.45, 7) is -0.712. The van der Waals surface area contributed by atoms with Crippen molar-refractivity contribution in [2.24, 2.45) is 20.5 Å². The van der Waals surface area contributed by atoms with Crippen molar-refractivity contribution in [2.75, 3.05) is 62.7 Å². The average molecular weight is 1120 g/mol. The van der Waals surface area contributed by atoms with Crippen molar-refractivity contribution < 1.29 is 64.9 Å². The predicted octanol–water partition coefficient (Wildman–Crippen LogP) is 1.62. The molecule has 0 aliphatic carbocycles. The molecule has 376 valence electrons. The van der Waals surface area contributed by atoms with E-state index in [0.717, 1.165) is 23.5 Å². The molecule has 42 heteroatoms. The van der Waals surface area contributed by atoms with Gasteiger partial charge in [0.15, 0.2) is 45.0 Å². The van der Waals surface area contributed by atoms with E-state index in [-0.39, 0.29) is 21.8 Å². The third-order valence-electron chi connectivity index (χ3n) is 7.89. The minimum atomic E-state index is -5.49. The van der Waals surface area contributed by atoms with Crippen molar-refractivity contribution in [1.29, 1.82) is 10.5 Å². The van der Waals surface area contributed by atoms with Gasteiger partial charge in [0.05, 0.1) is 40.8 Å². The van der Waals surface area contributed by atoms with Crippen molar-refractivity contribution >= 4 is 149 Å². The van der Waals surface area contributed by atoms with Gasteiger partial charge in [-0.2, -0.15) is 67.6 Å². The maximum atomic E-state index is 12.7. The second-order valence-corrected chi connectivity index (χ2v) is 21.9. The van der Waals surface area contributed by atoms with Crippen molar-refractivity contribution in [1.82, 2.24) is 34.9 Å². The number of thioether (sulfide) groups is 2. The molecule has 0 aliphatic rings. The molecule has 0 atom stereocenters. The molecule has 2 aromatic carbocycles. The molecule has 3 aromatic heterocycles. The Labute approximate surface area is 406 Å². The minimum absolute atomic E-state index is 0.0733. The Morgan fingerprint density at radius 2 is 0.845 bits per heavy atom. The number of anilines is 9. The largest absolute Gasteiger partial charge is 0.382 e. The molecule has 0 saturated carbocycles. The topological polar surface area (TPSA) is 599 Å². The van der Waals surface area contributed by atoms with E-state index in [1.165, 1.54) is 0 Å². The van der Waals surface area contributed by atoms with E-state index in [9.17, 15) is 64.9 Å². The van der Waals surface area contributed by atoms with Gasteiger partial charge in [0.1, 0.15) is 31.0 Å². The van der Waals surface area contributed by atoms with E-state index >= 15 is 0 Å². The molecule has 35 nitrogen and oxygen atoms in total. The Morgan fingerprint density at radius 1 is 0.507 bits per heavy atom. The number of aromatic nitrogens is 7. The summed E-state index contributed by atoms with van der Waals surface area (Å²) in [5.41, 5.74) is 18.5. The summed E-state index contributed by atoms with van der Waals surface area (Å²) in [7, 11) is -26.6. The van der Waals surface area contributed by atoms with Crippen molar-refractivity contribution in [2.45, 2.75) is 29.9 Å². The molecule has 0 spiro atoms. The van der Waals surface area contributed by atoms with Gasteiger partial charge in [-0.15, -0.1) is 20.5 Å². The zero-order chi connectivity index (χ0) is 52.9. The van der Waals surface area contributed by atoms with Gasteiger partial charge in [0.25, 0.3) is 50.6 Å². The maximum absolute atomic E-state index is 12.7. The number of nitrogen functional groups attached to an aromatic ring is 4. The Balaban J connectivity index is 1.66. The van der Waals surface area contributed by atoms with Crippen molar-refractivity contribution in [3.05, 3.63) is 24.3 Å². The lowest BCUT2D eigenvalue weighted by Gasteiger charge is -2.15. The highest BCUT2D eigenvalue weighted by Crippen LogP contribution is 2.40. The van der Waals surface area contributed by atoms with Gasteiger partial charge in [-0.25, -0.2) is 19.9 Å². The van der Waals surface area contributed by atoms with Gasteiger partial charge in [-0.3, -0.25) is 22.8 Å². The molecule has 0 saturated heterocycles. The zero-order valence-corrected chi connectivity index (χ0v) is 40.2. The highest BCUT2D eigenvalue weighted by Gasteiger charge is 2.28. The summed E-state index contributed by atoms with van der Waals surface area (Å²) in [5, 5.41) is 38.7. The number of hydrogen-bond acceptors (Lipinski definition) is 32. The number of nitrogens with zero attached hydrogens (tertiary/aromatic N) is 13. The molecule has 0 amide bonds. The molecule has 3 heterocycles. The van der Waals surface area contributed by atoms with Gasteiger partial charge in [0, 0.05) is 6.54 Å². The third-order valence-corrected chi connectivity index (χ3v) is 13.6. The quantitative estimate of drug-likeness (QED) is 0.0228. The van der Waals surface area contributed by atoms with Crippen LogP contribution in [0.15, 0.2) is 74.6 Å². The molecule has 16 N–H and O–H groups in total. The van der Waals surface area contributed by atoms with Crippen LogP contribution in [0.4, 0.5) is 75.2 Å². The van der Waals surface area contributed by atoms with E-state index < -0.39 is 158 Å². The van der Waals surface area contributed by atoms with Crippen LogP contribution in [0.3, 0.4) is 0 Å². The Bertz CT molecular complexity index is 3440. The fourth-order valence-corrected chi connectivity index (χ4v) is 9.02. The Kier molecular flexibility index (Phi) is 16.4. The molecule has 71 heavy (non-hydrogen) atoms. The number of hydrogen-bond donors (Lipinski definition) is 12. The second kappa shape index (κ2) is 21.3. The van der Waals surface area contributed by atoms with Gasteiger partial charge in [-0.1, -0.05) is 23.5 Å². The van der Waals surface area contributed by atoms with E-state index in [4.69, 9.17) is 33.5 Å². The zero-order valence-electron chi connectivity index (χ0n) is 34.4. The van der Waals surface area contributed by atoms with Crippen LogP contribution < -0.4 is 38.9 Å². The van der Waals surface area contributed by atoms with Crippen molar-refractivity contribution in [3.8, 4) is 12.1 Å². The lowest BCUT2D eigenvalue weighted by atomic mass is 10.3. The van der Waals surface area contributed by atoms with E-state index in [1.54, 1.807) is 0 Å². The fraction of sp³-hybridized carbons (Fsp3) is 0.138. The summed E-state index contributed by atoms with van der Waals surface area (Å²) < 4.78 is 175. The van der Waals surface area contributed by atoms with Crippen LogP contribution in [0.5, 0.6) is 0 Å². The van der Waals surface area contributed by atoms with Crippen LogP contribution in [0, 0.1) is 22.7 Å². The molecule has 5 rings (SSSR count). The van der Waals surface area contributed by atoms with Crippen LogP contribution in [-0.2, 0) is 50.6 Å². The van der Waals surface area contributed by atoms with Gasteiger partial charge < -0.3 is 38.9 Å². The normalized spacial score (nSPS) is 12.4. The smallest absolute Gasteiger partial charge is 0.296 e. The average Bonchev–Trinajstić information content (AvgIpc) is 3.22. The van der Waals surface area contributed by atoms with Gasteiger partial charge in [-0.05, 0) is 24.3 Å². The molecule has 0 aliphatic heterocycles. The summed E-state index contributed by atoms with van der Waals surface area (Å²) in [6.07, 6.45) is 0. The molecule has 0 radical (unpaired) electrons. The number of nitrogens with two attached hydrogens (primary N) is 4. The number of nitriles is 2. The molecule has 0 fully saturated rings. The molecule has 0 unspecified atom stereocenters. The summed E-state index contributed by atoms with van der Waals surface area (Å²) in [6, 6.07) is 5.06. The summed E-state index contributed by atoms with van der Waals surface area (Å²) in [4.78, 5) is 22.0. The summed E-state index contributed by atoms with van der Waals surface area (Å²) >= 11 is 1.65. The predicted molar refractivity (Wildman–Crippen MR) is 246 cm³/mol. The van der Waals surface area contributed by atoms with Gasteiger partial charge >= 0.3 is 0 Å². The first-order valence-electron chi connectivity index (χ1n) is 17.8. The lowest BCUT2D eigenvalue weighted by Crippen LogP contribution is -2.17. The first kappa shape index (κ1) is 54.6. The number of rotatable bonds is 20. The van der Waals surface area contributed by atoms with Crippen LogP contribution in [0.2, 0.25) is 0 Å². The molecular formula is C29H28N20O15S7. The number of nitrogens with one attached hydrogen (secondary N) is 3. The Hall–Kier alpha value is -7.36. The van der Waals surface area contributed by atoms with Crippen LogP contribution in [0.25, 0.3) is 0 Å². The first-order chi connectivity index (χ1) is 32.9. The van der Waals surface area contributed by atoms with Crippen LogP contribution in [-0.4, -0.2) is 124 Å². The second-order valence-electron chi connectivity index (χ2n) is 12.8.